The van der Waals surface area contributed by atoms with Gasteiger partial charge in [-0.2, -0.15) is 8.42 Å². The van der Waals surface area contributed by atoms with Crippen LogP contribution in [0.3, 0.4) is 0 Å². The number of hydrogen-bond acceptors (Lipinski definition) is 7. The zero-order valence-electron chi connectivity index (χ0n) is 13.8. The molecule has 10 heteroatoms. The molecule has 1 N–H and O–H groups in total. The molecule has 0 unspecified atom stereocenters. The van der Waals surface area contributed by atoms with Crippen molar-refractivity contribution in [2.75, 3.05) is 7.11 Å². The fourth-order valence-electron chi connectivity index (χ4n) is 2.22. The van der Waals surface area contributed by atoms with Crippen LogP contribution in [0.1, 0.15) is 5.56 Å². The van der Waals surface area contributed by atoms with E-state index in [1.54, 1.807) is 18.2 Å². The number of methoxy groups -OCH3 is 1. The smallest absolute Gasteiger partial charge is 0.339 e. The molecule has 6 nitrogen and oxygen atoms in total. The van der Waals surface area contributed by atoms with Gasteiger partial charge >= 0.3 is 10.1 Å². The third-order valence-electron chi connectivity index (χ3n) is 3.45. The van der Waals surface area contributed by atoms with Crippen LogP contribution in [0.4, 0.5) is 0 Å². The Hall–Kier alpha value is -2.07. The number of para-hydroxylation sites is 1. The standard InChI is InChI=1S/C17H12ClNO5S3/c1-23-13-4-2-3-10(9-14-16(20)19-17(25)26-14)15(13)24-27(21,22)12-7-5-11(18)6-8-12/h2-9H,1H3,(H,19,20,25). The highest BCUT2D eigenvalue weighted by atomic mass is 35.5. The van der Waals surface area contributed by atoms with E-state index in [1.807, 2.05) is 0 Å². The minimum Gasteiger partial charge on any atom is -0.493 e. The fourth-order valence-corrected chi connectivity index (χ4v) is 4.34. The lowest BCUT2D eigenvalue weighted by molar-refractivity contribution is -0.115. The number of carbonyl (C=O) groups is 1. The van der Waals surface area contributed by atoms with Crippen LogP contribution in [0.2, 0.25) is 5.02 Å². The number of rotatable bonds is 5. The van der Waals surface area contributed by atoms with Gasteiger partial charge in [0.1, 0.15) is 9.22 Å². The molecule has 0 atom stereocenters. The molecule has 0 aromatic heterocycles. The zero-order chi connectivity index (χ0) is 19.6. The highest BCUT2D eigenvalue weighted by Crippen LogP contribution is 2.37. The predicted octanol–water partition coefficient (Wildman–Crippen LogP) is 3.61. The summed E-state index contributed by atoms with van der Waals surface area (Å²) in [5.74, 6) is -0.194. The minimum atomic E-state index is -4.14. The van der Waals surface area contributed by atoms with Gasteiger partial charge < -0.3 is 14.2 Å². The van der Waals surface area contributed by atoms with Crippen LogP contribution in [0.25, 0.3) is 6.08 Å². The Bertz CT molecular complexity index is 1050. The summed E-state index contributed by atoms with van der Waals surface area (Å²) in [5, 5.41) is 2.90. The van der Waals surface area contributed by atoms with E-state index >= 15 is 0 Å². The molecular formula is C17H12ClNO5S3. The van der Waals surface area contributed by atoms with E-state index in [-0.39, 0.29) is 22.3 Å². The van der Waals surface area contributed by atoms with Gasteiger partial charge in [-0.15, -0.1) is 0 Å². The van der Waals surface area contributed by atoms with Crippen LogP contribution in [0, 0.1) is 0 Å². The number of benzene rings is 2. The van der Waals surface area contributed by atoms with Crippen molar-refractivity contribution in [3.8, 4) is 11.5 Å². The van der Waals surface area contributed by atoms with E-state index < -0.39 is 10.1 Å². The van der Waals surface area contributed by atoms with Crippen LogP contribution in [0.15, 0.2) is 52.3 Å². The molecule has 0 saturated carbocycles. The van der Waals surface area contributed by atoms with Gasteiger partial charge in [0, 0.05) is 10.6 Å². The van der Waals surface area contributed by atoms with E-state index in [1.165, 1.54) is 37.5 Å². The maximum absolute atomic E-state index is 12.6. The van der Waals surface area contributed by atoms with Crippen molar-refractivity contribution in [1.29, 1.82) is 0 Å². The largest absolute Gasteiger partial charge is 0.493 e. The van der Waals surface area contributed by atoms with Crippen LogP contribution in [-0.2, 0) is 14.9 Å². The van der Waals surface area contributed by atoms with Crippen molar-refractivity contribution >= 4 is 62.0 Å². The molecule has 1 amide bonds. The average molecular weight is 442 g/mol. The quantitative estimate of drug-likeness (QED) is 0.431. The maximum atomic E-state index is 12.6. The Kier molecular flexibility index (Phi) is 5.75. The van der Waals surface area contributed by atoms with E-state index in [2.05, 4.69) is 5.32 Å². The summed E-state index contributed by atoms with van der Waals surface area (Å²) in [7, 11) is -2.76. The van der Waals surface area contributed by atoms with Crippen molar-refractivity contribution in [1.82, 2.24) is 5.32 Å². The number of carbonyl (C=O) groups excluding carboxylic acids is 1. The molecule has 1 saturated heterocycles. The zero-order valence-corrected chi connectivity index (χ0v) is 17.0. The van der Waals surface area contributed by atoms with Gasteiger partial charge in [0.2, 0.25) is 0 Å². The molecule has 2 aromatic rings. The lowest BCUT2D eigenvalue weighted by Gasteiger charge is -2.13. The van der Waals surface area contributed by atoms with Crippen molar-refractivity contribution in [3.63, 3.8) is 0 Å². The summed E-state index contributed by atoms with van der Waals surface area (Å²) in [5.41, 5.74) is 0.356. The second-order valence-corrected chi connectivity index (χ2v) is 8.92. The number of amides is 1. The van der Waals surface area contributed by atoms with Gasteiger partial charge in [-0.1, -0.05) is 47.7 Å². The van der Waals surface area contributed by atoms with Gasteiger partial charge in [0.15, 0.2) is 11.5 Å². The van der Waals surface area contributed by atoms with E-state index in [9.17, 15) is 13.2 Å². The third-order valence-corrected chi connectivity index (χ3v) is 6.10. The molecule has 2 aromatic carbocycles. The summed E-state index contributed by atoms with van der Waals surface area (Å²) >= 11 is 11.8. The average Bonchev–Trinajstić information content (AvgIpc) is 2.93. The van der Waals surface area contributed by atoms with Gasteiger partial charge in [0.25, 0.3) is 5.91 Å². The van der Waals surface area contributed by atoms with Crippen LogP contribution in [-0.4, -0.2) is 25.8 Å². The second-order valence-electron chi connectivity index (χ2n) is 5.22. The third kappa shape index (κ3) is 4.44. The fraction of sp³-hybridized carbons (Fsp3) is 0.0588. The van der Waals surface area contributed by atoms with Crippen LogP contribution < -0.4 is 14.2 Å². The molecule has 0 radical (unpaired) electrons. The lowest BCUT2D eigenvalue weighted by Crippen LogP contribution is -2.17. The number of hydrogen-bond donors (Lipinski definition) is 1. The molecule has 140 valence electrons. The normalized spacial score (nSPS) is 15.7. The first-order valence-corrected chi connectivity index (χ1v) is 10.4. The summed E-state index contributed by atoms with van der Waals surface area (Å²) in [6.45, 7) is 0. The highest BCUT2D eigenvalue weighted by Gasteiger charge is 2.25. The lowest BCUT2D eigenvalue weighted by atomic mass is 10.1. The van der Waals surface area contributed by atoms with Gasteiger partial charge in [-0.25, -0.2) is 0 Å². The molecule has 3 rings (SSSR count). The molecule has 1 heterocycles. The molecule has 1 aliphatic rings. The van der Waals surface area contributed by atoms with Crippen molar-refractivity contribution < 1.29 is 22.1 Å². The van der Waals surface area contributed by atoms with Gasteiger partial charge in [-0.05, 0) is 36.4 Å². The van der Waals surface area contributed by atoms with Crippen LogP contribution in [0.5, 0.6) is 11.5 Å². The molecule has 1 aliphatic heterocycles. The highest BCUT2D eigenvalue weighted by molar-refractivity contribution is 8.26. The van der Waals surface area contributed by atoms with Gasteiger partial charge in [0.05, 0.1) is 12.0 Å². The number of thioether (sulfide) groups is 1. The van der Waals surface area contributed by atoms with E-state index in [4.69, 9.17) is 32.7 Å². The van der Waals surface area contributed by atoms with Crippen molar-refractivity contribution in [2.24, 2.45) is 0 Å². The summed E-state index contributed by atoms with van der Waals surface area (Å²) in [4.78, 5) is 12.2. The van der Waals surface area contributed by atoms with Crippen molar-refractivity contribution in [3.05, 3.63) is 58.0 Å². The topological polar surface area (TPSA) is 81.7 Å². The Balaban J connectivity index is 2.04. The number of thiocarbonyl (C=S) groups is 1. The summed E-state index contributed by atoms with van der Waals surface area (Å²) in [6, 6.07) is 10.4. The Morgan fingerprint density at radius 2 is 1.89 bits per heavy atom. The summed E-state index contributed by atoms with van der Waals surface area (Å²) < 4.78 is 36.2. The van der Waals surface area contributed by atoms with Gasteiger partial charge in [-0.3, -0.25) is 4.79 Å². The predicted molar refractivity (Wildman–Crippen MR) is 109 cm³/mol. The summed E-state index contributed by atoms with van der Waals surface area (Å²) in [6.07, 6.45) is 1.49. The molecular weight excluding hydrogens is 430 g/mol. The first kappa shape index (κ1) is 19.7. The van der Waals surface area contributed by atoms with Crippen molar-refractivity contribution in [2.45, 2.75) is 4.90 Å². The molecule has 0 spiro atoms. The minimum absolute atomic E-state index is 0.0336. The molecule has 0 aliphatic carbocycles. The SMILES string of the molecule is COc1cccc(C=C2SC(=S)NC2=O)c1OS(=O)(=O)c1ccc(Cl)cc1. The first-order valence-electron chi connectivity index (χ1n) is 7.42. The number of ether oxygens (including phenoxy) is 1. The number of halogens is 1. The Labute approximate surface area is 170 Å². The maximum Gasteiger partial charge on any atom is 0.339 e. The van der Waals surface area contributed by atoms with Crippen LogP contribution >= 0.6 is 35.6 Å². The monoisotopic (exact) mass is 441 g/mol. The second kappa shape index (κ2) is 7.89. The molecule has 1 fully saturated rings. The molecule has 0 bridgehead atoms. The molecule has 27 heavy (non-hydrogen) atoms. The van der Waals surface area contributed by atoms with E-state index in [0.717, 1.165) is 11.8 Å². The number of nitrogens with one attached hydrogen (secondary N) is 1. The van der Waals surface area contributed by atoms with E-state index in [0.29, 0.717) is 19.8 Å². The Morgan fingerprint density at radius 3 is 2.48 bits per heavy atom. The first-order chi connectivity index (χ1) is 12.8. The Morgan fingerprint density at radius 1 is 1.19 bits per heavy atom.